The van der Waals surface area contributed by atoms with E-state index in [0.717, 1.165) is 7.05 Å². The summed E-state index contributed by atoms with van der Waals surface area (Å²) in [6, 6.07) is 1.29. The van der Waals surface area contributed by atoms with Crippen LogP contribution in [0.25, 0.3) is 0 Å². The minimum atomic E-state index is -4.40. The fraction of sp³-hybridized carbons (Fsp3) is 0.375. The van der Waals surface area contributed by atoms with Crippen molar-refractivity contribution in [2.24, 2.45) is 0 Å². The fourth-order valence-electron chi connectivity index (χ4n) is 1.08. The van der Waals surface area contributed by atoms with Gasteiger partial charge in [-0.25, -0.2) is 0 Å². The molecular formula is C8H10F3N3O. The van der Waals surface area contributed by atoms with E-state index in [9.17, 15) is 18.0 Å². The Hall–Kier alpha value is -1.66. The van der Waals surface area contributed by atoms with Crippen LogP contribution in [0.3, 0.4) is 0 Å². The first-order valence-electron chi connectivity index (χ1n) is 4.06. The second kappa shape index (κ2) is 3.84. The summed E-state index contributed by atoms with van der Waals surface area (Å²) in [5.74, 6) is -0.746. The molecule has 0 spiro atoms. The minimum absolute atomic E-state index is 0.0410. The maximum absolute atomic E-state index is 12.0. The number of nitrogens with zero attached hydrogens (tertiary/aromatic N) is 1. The molecule has 1 aromatic rings. The molecule has 0 atom stereocenters. The van der Waals surface area contributed by atoms with Gasteiger partial charge in [-0.3, -0.25) is 4.79 Å². The number of nitrogens with one attached hydrogen (secondary N) is 1. The molecule has 1 rings (SSSR count). The summed E-state index contributed by atoms with van der Waals surface area (Å²) in [6.45, 7) is -1.29. The van der Waals surface area contributed by atoms with Crippen molar-refractivity contribution in [2.45, 2.75) is 6.18 Å². The van der Waals surface area contributed by atoms with Crippen LogP contribution >= 0.6 is 0 Å². The number of aromatic amines is 1. The topological polar surface area (TPSA) is 62.1 Å². The molecule has 84 valence electrons. The van der Waals surface area contributed by atoms with Gasteiger partial charge in [0.2, 0.25) is 0 Å². The molecule has 0 fully saturated rings. The Kier molecular flexibility index (Phi) is 2.92. The Morgan fingerprint density at radius 1 is 1.60 bits per heavy atom. The molecule has 0 unspecified atom stereocenters. The highest BCUT2D eigenvalue weighted by molar-refractivity contribution is 5.93. The molecule has 0 aliphatic heterocycles. The zero-order valence-corrected chi connectivity index (χ0v) is 7.93. The molecule has 1 heterocycles. The predicted octanol–water partition coefficient (Wildman–Crippen LogP) is 1.23. The van der Waals surface area contributed by atoms with Crippen LogP contribution in [0.5, 0.6) is 0 Å². The summed E-state index contributed by atoms with van der Waals surface area (Å²) < 4.78 is 35.9. The van der Waals surface area contributed by atoms with Crippen LogP contribution in [-0.2, 0) is 0 Å². The third-order valence-corrected chi connectivity index (χ3v) is 1.70. The summed E-state index contributed by atoms with van der Waals surface area (Å²) in [6.07, 6.45) is -3.06. The number of amides is 1. The van der Waals surface area contributed by atoms with Gasteiger partial charge in [0.1, 0.15) is 12.2 Å². The van der Waals surface area contributed by atoms with Crippen molar-refractivity contribution in [2.75, 3.05) is 19.3 Å². The zero-order chi connectivity index (χ0) is 11.6. The Bertz CT molecular complexity index is 358. The van der Waals surface area contributed by atoms with E-state index < -0.39 is 18.6 Å². The number of anilines is 1. The van der Waals surface area contributed by atoms with Crippen LogP contribution in [0.1, 0.15) is 10.5 Å². The van der Waals surface area contributed by atoms with Crippen molar-refractivity contribution >= 4 is 11.6 Å². The van der Waals surface area contributed by atoms with Gasteiger partial charge in [0.25, 0.3) is 5.91 Å². The number of alkyl halides is 3. The summed E-state index contributed by atoms with van der Waals surface area (Å²) >= 11 is 0. The van der Waals surface area contributed by atoms with E-state index in [4.69, 9.17) is 5.73 Å². The first-order valence-corrected chi connectivity index (χ1v) is 4.06. The Balaban J connectivity index is 2.69. The highest BCUT2D eigenvalue weighted by atomic mass is 19.4. The average Bonchev–Trinajstić information content (AvgIpc) is 2.47. The number of aromatic nitrogens is 1. The van der Waals surface area contributed by atoms with E-state index >= 15 is 0 Å². The van der Waals surface area contributed by atoms with Crippen LogP contribution in [0.2, 0.25) is 0 Å². The molecule has 1 amide bonds. The van der Waals surface area contributed by atoms with Crippen LogP contribution in [0.4, 0.5) is 18.9 Å². The lowest BCUT2D eigenvalue weighted by molar-refractivity contribution is -0.138. The minimum Gasteiger partial charge on any atom is -0.397 e. The van der Waals surface area contributed by atoms with Crippen molar-refractivity contribution in [3.05, 3.63) is 18.0 Å². The number of nitrogens with two attached hydrogens (primary N) is 1. The van der Waals surface area contributed by atoms with E-state index in [1.807, 2.05) is 0 Å². The summed E-state index contributed by atoms with van der Waals surface area (Å²) in [5, 5.41) is 0. The van der Waals surface area contributed by atoms with E-state index in [0.29, 0.717) is 10.6 Å². The molecule has 7 heteroatoms. The highest BCUT2D eigenvalue weighted by Crippen LogP contribution is 2.17. The summed E-state index contributed by atoms with van der Waals surface area (Å²) in [4.78, 5) is 14.4. The smallest absolute Gasteiger partial charge is 0.397 e. The monoisotopic (exact) mass is 221 g/mol. The number of hydrogen-bond donors (Lipinski definition) is 2. The highest BCUT2D eigenvalue weighted by Gasteiger charge is 2.31. The second-order valence-corrected chi connectivity index (χ2v) is 3.12. The first-order chi connectivity index (χ1) is 6.79. The molecular weight excluding hydrogens is 211 g/mol. The van der Waals surface area contributed by atoms with Gasteiger partial charge in [0.15, 0.2) is 0 Å². The van der Waals surface area contributed by atoms with Gasteiger partial charge in [-0.15, -0.1) is 0 Å². The molecule has 0 aliphatic carbocycles. The quantitative estimate of drug-likeness (QED) is 0.789. The van der Waals surface area contributed by atoms with Crippen molar-refractivity contribution in [3.63, 3.8) is 0 Å². The zero-order valence-electron chi connectivity index (χ0n) is 7.93. The number of rotatable bonds is 2. The standard InChI is InChI=1S/C8H10F3N3O/c1-14(4-8(9,10)11)7(15)6-2-5(12)3-13-6/h2-3,13H,4,12H2,1H3. The fourth-order valence-corrected chi connectivity index (χ4v) is 1.08. The predicted molar refractivity (Wildman–Crippen MR) is 48.2 cm³/mol. The second-order valence-electron chi connectivity index (χ2n) is 3.12. The number of hydrogen-bond acceptors (Lipinski definition) is 2. The maximum atomic E-state index is 12.0. The van der Waals surface area contributed by atoms with Gasteiger partial charge >= 0.3 is 6.18 Å². The molecule has 0 saturated heterocycles. The molecule has 0 aliphatic rings. The van der Waals surface area contributed by atoms with Crippen LogP contribution in [0, 0.1) is 0 Å². The third-order valence-electron chi connectivity index (χ3n) is 1.70. The van der Waals surface area contributed by atoms with Crippen molar-refractivity contribution in [3.8, 4) is 0 Å². The van der Waals surface area contributed by atoms with Gasteiger partial charge in [-0.1, -0.05) is 0 Å². The molecule has 15 heavy (non-hydrogen) atoms. The first kappa shape index (κ1) is 11.4. The number of halogens is 3. The lowest BCUT2D eigenvalue weighted by Gasteiger charge is -2.17. The van der Waals surface area contributed by atoms with Crippen molar-refractivity contribution < 1.29 is 18.0 Å². The Labute approximate surface area is 83.9 Å². The van der Waals surface area contributed by atoms with Gasteiger partial charge in [0, 0.05) is 18.9 Å². The third kappa shape index (κ3) is 3.19. The van der Waals surface area contributed by atoms with Crippen LogP contribution < -0.4 is 5.73 Å². The Morgan fingerprint density at radius 3 is 2.60 bits per heavy atom. The number of nitrogen functional groups attached to an aromatic ring is 1. The van der Waals surface area contributed by atoms with Crippen molar-refractivity contribution in [1.29, 1.82) is 0 Å². The van der Waals surface area contributed by atoms with E-state index in [2.05, 4.69) is 4.98 Å². The maximum Gasteiger partial charge on any atom is 0.406 e. The van der Waals surface area contributed by atoms with Gasteiger partial charge in [0.05, 0.1) is 0 Å². The number of carbonyl (C=O) groups is 1. The normalized spacial score (nSPS) is 11.5. The van der Waals surface area contributed by atoms with Gasteiger partial charge in [-0.05, 0) is 6.07 Å². The van der Waals surface area contributed by atoms with Crippen LogP contribution in [0.15, 0.2) is 12.3 Å². The molecule has 0 bridgehead atoms. The SMILES string of the molecule is CN(CC(F)(F)F)C(=O)c1cc(N)c[nH]1. The number of H-pyrrole nitrogens is 1. The molecule has 3 N–H and O–H groups in total. The van der Waals surface area contributed by atoms with E-state index in [-0.39, 0.29) is 5.69 Å². The van der Waals surface area contributed by atoms with E-state index in [1.54, 1.807) is 0 Å². The summed E-state index contributed by atoms with van der Waals surface area (Å²) in [5.41, 5.74) is 5.66. The summed E-state index contributed by atoms with van der Waals surface area (Å²) in [7, 11) is 1.08. The van der Waals surface area contributed by atoms with Crippen LogP contribution in [-0.4, -0.2) is 35.6 Å². The molecule has 0 aromatic carbocycles. The molecule has 4 nitrogen and oxygen atoms in total. The lowest BCUT2D eigenvalue weighted by Crippen LogP contribution is -2.35. The van der Waals surface area contributed by atoms with Crippen molar-refractivity contribution in [1.82, 2.24) is 9.88 Å². The van der Waals surface area contributed by atoms with Gasteiger partial charge in [-0.2, -0.15) is 13.2 Å². The number of carbonyl (C=O) groups excluding carboxylic acids is 1. The Morgan fingerprint density at radius 2 is 2.20 bits per heavy atom. The van der Waals surface area contributed by atoms with E-state index in [1.165, 1.54) is 12.3 Å². The molecule has 1 aromatic heterocycles. The van der Waals surface area contributed by atoms with Gasteiger partial charge < -0.3 is 15.6 Å². The molecule has 0 saturated carbocycles. The average molecular weight is 221 g/mol. The lowest BCUT2D eigenvalue weighted by atomic mass is 10.3. The molecule has 0 radical (unpaired) electrons. The largest absolute Gasteiger partial charge is 0.406 e.